The fourth-order valence-electron chi connectivity index (χ4n) is 1.73. The van der Waals surface area contributed by atoms with E-state index in [9.17, 15) is 9.18 Å². The first-order valence-electron chi connectivity index (χ1n) is 5.17. The lowest BCUT2D eigenvalue weighted by atomic mass is 10.1. The average molecular weight is 224 g/mol. The van der Waals surface area contributed by atoms with Crippen LogP contribution in [0.5, 0.6) is 5.75 Å². The molecule has 0 saturated carbocycles. The maximum absolute atomic E-state index is 13.2. The molecule has 16 heavy (non-hydrogen) atoms. The summed E-state index contributed by atoms with van der Waals surface area (Å²) >= 11 is 0. The zero-order valence-corrected chi connectivity index (χ0v) is 9.07. The SMILES string of the molecule is COc1cc(F)nc(N2CCC(=O)CC2)c1. The van der Waals surface area contributed by atoms with Crippen molar-refractivity contribution in [1.82, 2.24) is 4.98 Å². The first-order valence-corrected chi connectivity index (χ1v) is 5.17. The van der Waals surface area contributed by atoms with Gasteiger partial charge in [-0.25, -0.2) is 4.98 Å². The van der Waals surface area contributed by atoms with Gasteiger partial charge in [0.1, 0.15) is 17.4 Å². The molecule has 2 rings (SSSR count). The molecule has 0 amide bonds. The highest BCUT2D eigenvalue weighted by molar-refractivity contribution is 5.80. The molecule has 0 aliphatic carbocycles. The minimum absolute atomic E-state index is 0.250. The second-order valence-electron chi connectivity index (χ2n) is 3.71. The summed E-state index contributed by atoms with van der Waals surface area (Å²) < 4.78 is 18.1. The van der Waals surface area contributed by atoms with E-state index in [-0.39, 0.29) is 5.78 Å². The van der Waals surface area contributed by atoms with E-state index in [1.807, 2.05) is 4.90 Å². The van der Waals surface area contributed by atoms with Crippen LogP contribution in [-0.4, -0.2) is 31.0 Å². The summed E-state index contributed by atoms with van der Waals surface area (Å²) in [4.78, 5) is 16.8. The van der Waals surface area contributed by atoms with Gasteiger partial charge in [-0.3, -0.25) is 4.79 Å². The number of carbonyl (C=O) groups is 1. The summed E-state index contributed by atoms with van der Waals surface area (Å²) in [5, 5.41) is 0. The Balaban J connectivity index is 2.19. The molecule has 0 N–H and O–H groups in total. The van der Waals surface area contributed by atoms with Gasteiger partial charge in [0.15, 0.2) is 0 Å². The largest absolute Gasteiger partial charge is 0.496 e. The van der Waals surface area contributed by atoms with Gasteiger partial charge < -0.3 is 9.64 Å². The number of aromatic nitrogens is 1. The molecular formula is C11H13FN2O2. The number of Topliss-reactive ketones (excluding diaryl/α,β-unsaturated/α-hetero) is 1. The van der Waals surface area contributed by atoms with E-state index in [4.69, 9.17) is 4.74 Å². The van der Waals surface area contributed by atoms with E-state index >= 15 is 0 Å². The van der Waals surface area contributed by atoms with Crippen LogP contribution >= 0.6 is 0 Å². The van der Waals surface area contributed by atoms with Gasteiger partial charge in [0.2, 0.25) is 5.95 Å². The highest BCUT2D eigenvalue weighted by Gasteiger charge is 2.18. The predicted octanol–water partition coefficient (Wildman–Crippen LogP) is 1.40. The summed E-state index contributed by atoms with van der Waals surface area (Å²) in [6.45, 7) is 1.19. The zero-order valence-electron chi connectivity index (χ0n) is 9.07. The lowest BCUT2D eigenvalue weighted by Gasteiger charge is -2.27. The number of methoxy groups -OCH3 is 1. The minimum Gasteiger partial charge on any atom is -0.496 e. The Labute approximate surface area is 93.0 Å². The molecular weight excluding hydrogens is 211 g/mol. The van der Waals surface area contributed by atoms with Gasteiger partial charge >= 0.3 is 0 Å². The standard InChI is InChI=1S/C11H13FN2O2/c1-16-9-6-10(12)13-11(7-9)14-4-2-8(15)3-5-14/h6-7H,2-5H2,1H3. The number of rotatable bonds is 2. The van der Waals surface area contributed by atoms with Crippen molar-refractivity contribution < 1.29 is 13.9 Å². The van der Waals surface area contributed by atoms with Crippen LogP contribution in [0.3, 0.4) is 0 Å². The summed E-state index contributed by atoms with van der Waals surface area (Å²) in [7, 11) is 1.48. The van der Waals surface area contributed by atoms with Crippen LogP contribution in [0.1, 0.15) is 12.8 Å². The number of ketones is 1. The highest BCUT2D eigenvalue weighted by atomic mass is 19.1. The Bertz CT molecular complexity index is 399. The average Bonchev–Trinajstić information content (AvgIpc) is 2.29. The van der Waals surface area contributed by atoms with Gasteiger partial charge in [-0.2, -0.15) is 4.39 Å². The number of ether oxygens (including phenoxy) is 1. The lowest BCUT2D eigenvalue weighted by molar-refractivity contribution is -0.119. The maximum Gasteiger partial charge on any atom is 0.218 e. The molecule has 0 aromatic carbocycles. The molecule has 2 heterocycles. The van der Waals surface area contributed by atoms with Crippen molar-refractivity contribution in [1.29, 1.82) is 0 Å². The molecule has 5 heteroatoms. The number of hydrogen-bond donors (Lipinski definition) is 0. The molecule has 0 bridgehead atoms. The lowest BCUT2D eigenvalue weighted by Crippen LogP contribution is -2.34. The van der Waals surface area contributed by atoms with Gasteiger partial charge in [0.25, 0.3) is 0 Å². The summed E-state index contributed by atoms with van der Waals surface area (Å²) in [6.07, 6.45) is 1.00. The first kappa shape index (κ1) is 10.9. The van der Waals surface area contributed by atoms with Crippen LogP contribution in [0.2, 0.25) is 0 Å². The van der Waals surface area contributed by atoms with E-state index in [0.29, 0.717) is 37.5 Å². The fraction of sp³-hybridized carbons (Fsp3) is 0.455. The second kappa shape index (κ2) is 4.47. The second-order valence-corrected chi connectivity index (χ2v) is 3.71. The molecule has 1 aliphatic heterocycles. The molecule has 1 aliphatic rings. The zero-order chi connectivity index (χ0) is 11.5. The van der Waals surface area contributed by atoms with Gasteiger partial charge in [0, 0.05) is 38.1 Å². The number of nitrogens with zero attached hydrogens (tertiary/aromatic N) is 2. The van der Waals surface area contributed by atoms with Crippen molar-refractivity contribution in [3.63, 3.8) is 0 Å². The first-order chi connectivity index (χ1) is 7.69. The molecule has 4 nitrogen and oxygen atoms in total. The smallest absolute Gasteiger partial charge is 0.218 e. The summed E-state index contributed by atoms with van der Waals surface area (Å²) in [5.74, 6) is 0.662. The van der Waals surface area contributed by atoms with Crippen LogP contribution in [-0.2, 0) is 4.79 Å². The molecule has 1 saturated heterocycles. The van der Waals surface area contributed by atoms with E-state index in [1.54, 1.807) is 6.07 Å². The molecule has 0 spiro atoms. The molecule has 0 atom stereocenters. The molecule has 0 unspecified atom stereocenters. The molecule has 1 fully saturated rings. The normalized spacial score (nSPS) is 16.4. The van der Waals surface area contributed by atoms with E-state index in [0.717, 1.165) is 0 Å². The maximum atomic E-state index is 13.2. The van der Waals surface area contributed by atoms with Gasteiger partial charge in [-0.05, 0) is 0 Å². The monoisotopic (exact) mass is 224 g/mol. The van der Waals surface area contributed by atoms with Crippen molar-refractivity contribution in [2.24, 2.45) is 0 Å². The van der Waals surface area contributed by atoms with E-state index in [1.165, 1.54) is 13.2 Å². The van der Waals surface area contributed by atoms with Crippen LogP contribution in [0.4, 0.5) is 10.2 Å². The number of halogens is 1. The van der Waals surface area contributed by atoms with Gasteiger partial charge in [0.05, 0.1) is 7.11 Å². The third kappa shape index (κ3) is 2.29. The third-order valence-electron chi connectivity index (χ3n) is 2.63. The third-order valence-corrected chi connectivity index (χ3v) is 2.63. The van der Waals surface area contributed by atoms with Gasteiger partial charge in [-0.15, -0.1) is 0 Å². The van der Waals surface area contributed by atoms with Crippen molar-refractivity contribution in [2.45, 2.75) is 12.8 Å². The number of piperidine rings is 1. The Morgan fingerprint density at radius 2 is 2.06 bits per heavy atom. The van der Waals surface area contributed by atoms with Crippen molar-refractivity contribution in [3.05, 3.63) is 18.1 Å². The van der Waals surface area contributed by atoms with Crippen LogP contribution < -0.4 is 9.64 Å². The topological polar surface area (TPSA) is 42.4 Å². The summed E-state index contributed by atoms with van der Waals surface area (Å²) in [5.41, 5.74) is 0. The Morgan fingerprint density at radius 1 is 1.38 bits per heavy atom. The van der Waals surface area contributed by atoms with Crippen molar-refractivity contribution in [2.75, 3.05) is 25.1 Å². The van der Waals surface area contributed by atoms with Gasteiger partial charge in [-0.1, -0.05) is 0 Å². The molecule has 86 valence electrons. The Hall–Kier alpha value is -1.65. The van der Waals surface area contributed by atoms with Crippen molar-refractivity contribution >= 4 is 11.6 Å². The number of anilines is 1. The summed E-state index contributed by atoms with van der Waals surface area (Å²) in [6, 6.07) is 2.91. The number of hydrogen-bond acceptors (Lipinski definition) is 4. The molecule has 1 aromatic heterocycles. The van der Waals surface area contributed by atoms with Crippen LogP contribution in [0.25, 0.3) is 0 Å². The molecule has 0 radical (unpaired) electrons. The van der Waals surface area contributed by atoms with Crippen LogP contribution in [0, 0.1) is 5.95 Å². The van der Waals surface area contributed by atoms with E-state index < -0.39 is 5.95 Å². The minimum atomic E-state index is -0.564. The highest BCUT2D eigenvalue weighted by Crippen LogP contribution is 2.22. The Morgan fingerprint density at radius 3 is 2.69 bits per heavy atom. The quantitative estimate of drug-likeness (QED) is 0.712. The van der Waals surface area contributed by atoms with E-state index in [2.05, 4.69) is 4.98 Å². The number of carbonyl (C=O) groups excluding carboxylic acids is 1. The fourth-order valence-corrected chi connectivity index (χ4v) is 1.73. The Kier molecular flexibility index (Phi) is 3.03. The number of pyridine rings is 1. The van der Waals surface area contributed by atoms with Crippen molar-refractivity contribution in [3.8, 4) is 5.75 Å². The van der Waals surface area contributed by atoms with Crippen LogP contribution in [0.15, 0.2) is 12.1 Å². The molecule has 1 aromatic rings. The predicted molar refractivity (Wildman–Crippen MR) is 57.2 cm³/mol.